The minimum Gasteiger partial charge on any atom is -0.351 e. The summed E-state index contributed by atoms with van der Waals surface area (Å²) in [7, 11) is 0. The number of hydrogen-bond donors (Lipinski definition) is 2. The SMILES string of the molecule is CC(C(=O)Nc1cccc(CN2CCC(C(=O)NC(C)(C)C)CC2)c1)c1ccc(Cl)cc1. The van der Waals surface area contributed by atoms with E-state index in [4.69, 9.17) is 11.6 Å². The van der Waals surface area contributed by atoms with Crippen molar-refractivity contribution in [3.8, 4) is 0 Å². The van der Waals surface area contributed by atoms with Crippen LogP contribution in [0.2, 0.25) is 5.02 Å². The zero-order valence-corrected chi connectivity index (χ0v) is 20.2. The van der Waals surface area contributed by atoms with Crippen molar-refractivity contribution in [1.82, 2.24) is 10.2 Å². The molecule has 2 N–H and O–H groups in total. The Balaban J connectivity index is 1.52. The van der Waals surface area contributed by atoms with Crippen LogP contribution in [0.25, 0.3) is 0 Å². The molecule has 1 saturated heterocycles. The molecule has 2 amide bonds. The molecule has 0 radical (unpaired) electrons. The monoisotopic (exact) mass is 455 g/mol. The molecule has 2 aromatic rings. The number of carbonyl (C=O) groups is 2. The molecule has 1 fully saturated rings. The first-order valence-electron chi connectivity index (χ1n) is 11.3. The predicted octanol–water partition coefficient (Wildman–Crippen LogP) is 5.21. The number of hydrogen-bond acceptors (Lipinski definition) is 3. The van der Waals surface area contributed by atoms with Crippen LogP contribution in [0, 0.1) is 5.92 Å². The number of piperidine rings is 1. The van der Waals surface area contributed by atoms with Crippen molar-refractivity contribution in [3.05, 3.63) is 64.7 Å². The third kappa shape index (κ3) is 7.07. The molecule has 3 rings (SSSR count). The summed E-state index contributed by atoms with van der Waals surface area (Å²) >= 11 is 5.95. The van der Waals surface area contributed by atoms with Crippen LogP contribution in [-0.4, -0.2) is 35.3 Å². The molecule has 1 aliphatic heterocycles. The Morgan fingerprint density at radius 1 is 1.09 bits per heavy atom. The molecule has 0 saturated carbocycles. The van der Waals surface area contributed by atoms with Gasteiger partial charge < -0.3 is 10.6 Å². The van der Waals surface area contributed by atoms with E-state index in [1.54, 1.807) is 12.1 Å². The average Bonchev–Trinajstić information content (AvgIpc) is 2.73. The number of rotatable bonds is 6. The van der Waals surface area contributed by atoms with Gasteiger partial charge in [-0.3, -0.25) is 14.5 Å². The van der Waals surface area contributed by atoms with Crippen LogP contribution in [0.1, 0.15) is 57.6 Å². The first kappa shape index (κ1) is 24.3. The van der Waals surface area contributed by atoms with Gasteiger partial charge in [-0.15, -0.1) is 0 Å². The Morgan fingerprint density at radius 2 is 1.75 bits per heavy atom. The van der Waals surface area contributed by atoms with Gasteiger partial charge in [0.1, 0.15) is 0 Å². The minimum absolute atomic E-state index is 0.0462. The first-order valence-corrected chi connectivity index (χ1v) is 11.7. The van der Waals surface area contributed by atoms with Gasteiger partial charge in [0.2, 0.25) is 11.8 Å². The molecule has 1 heterocycles. The van der Waals surface area contributed by atoms with Gasteiger partial charge in [0.25, 0.3) is 0 Å². The van der Waals surface area contributed by atoms with E-state index in [0.717, 1.165) is 49.3 Å². The molecule has 0 aliphatic carbocycles. The van der Waals surface area contributed by atoms with Gasteiger partial charge in [0, 0.05) is 28.7 Å². The van der Waals surface area contributed by atoms with Crippen LogP contribution in [0.4, 0.5) is 5.69 Å². The van der Waals surface area contributed by atoms with Gasteiger partial charge in [0.15, 0.2) is 0 Å². The Morgan fingerprint density at radius 3 is 2.38 bits per heavy atom. The lowest BCUT2D eigenvalue weighted by Gasteiger charge is -2.33. The summed E-state index contributed by atoms with van der Waals surface area (Å²) in [6.07, 6.45) is 1.74. The third-order valence-corrected chi connectivity index (χ3v) is 6.07. The van der Waals surface area contributed by atoms with Gasteiger partial charge in [-0.1, -0.05) is 35.9 Å². The summed E-state index contributed by atoms with van der Waals surface area (Å²) in [4.78, 5) is 27.5. The zero-order chi connectivity index (χ0) is 23.3. The summed E-state index contributed by atoms with van der Waals surface area (Å²) in [5.41, 5.74) is 2.69. The van der Waals surface area contributed by atoms with Crippen molar-refractivity contribution in [1.29, 1.82) is 0 Å². The van der Waals surface area contributed by atoms with E-state index < -0.39 is 0 Å². The second-order valence-corrected chi connectivity index (χ2v) is 10.2. The van der Waals surface area contributed by atoms with Crippen LogP contribution < -0.4 is 10.6 Å². The van der Waals surface area contributed by atoms with Crippen LogP contribution >= 0.6 is 11.6 Å². The molecule has 1 aliphatic rings. The van der Waals surface area contributed by atoms with E-state index in [9.17, 15) is 9.59 Å². The average molecular weight is 456 g/mol. The number of likely N-dealkylation sites (tertiary alicyclic amines) is 1. The molecule has 0 aromatic heterocycles. The molecule has 5 nitrogen and oxygen atoms in total. The van der Waals surface area contributed by atoms with Crippen molar-refractivity contribution in [2.24, 2.45) is 5.92 Å². The molecule has 32 heavy (non-hydrogen) atoms. The van der Waals surface area contributed by atoms with E-state index in [2.05, 4.69) is 21.6 Å². The largest absolute Gasteiger partial charge is 0.351 e. The van der Waals surface area contributed by atoms with Gasteiger partial charge in [-0.2, -0.15) is 0 Å². The Labute approximate surface area is 196 Å². The Kier molecular flexibility index (Phi) is 7.96. The van der Waals surface area contributed by atoms with Gasteiger partial charge in [-0.25, -0.2) is 0 Å². The van der Waals surface area contributed by atoms with Gasteiger partial charge in [-0.05, 0) is 89.0 Å². The molecule has 2 aromatic carbocycles. The highest BCUT2D eigenvalue weighted by molar-refractivity contribution is 6.30. The second kappa shape index (κ2) is 10.5. The van der Waals surface area contributed by atoms with Crippen LogP contribution in [0.15, 0.2) is 48.5 Å². The van der Waals surface area contributed by atoms with E-state index in [-0.39, 0.29) is 29.2 Å². The topological polar surface area (TPSA) is 61.4 Å². The second-order valence-electron chi connectivity index (χ2n) is 9.75. The van der Waals surface area contributed by atoms with Gasteiger partial charge in [0.05, 0.1) is 5.92 Å². The molecular formula is C26H34ClN3O2. The maximum atomic E-state index is 12.7. The molecule has 6 heteroatoms. The normalized spacial score (nSPS) is 16.4. The molecular weight excluding hydrogens is 422 g/mol. The minimum atomic E-state index is -0.269. The van der Waals surface area contributed by atoms with Crippen LogP contribution in [0.5, 0.6) is 0 Å². The number of nitrogens with one attached hydrogen (secondary N) is 2. The van der Waals surface area contributed by atoms with E-state index in [1.807, 2.05) is 58.0 Å². The smallest absolute Gasteiger partial charge is 0.231 e. The zero-order valence-electron chi connectivity index (χ0n) is 19.5. The highest BCUT2D eigenvalue weighted by Gasteiger charge is 2.27. The highest BCUT2D eigenvalue weighted by Crippen LogP contribution is 2.23. The third-order valence-electron chi connectivity index (χ3n) is 5.82. The maximum Gasteiger partial charge on any atom is 0.231 e. The number of nitrogens with zero attached hydrogens (tertiary/aromatic N) is 1. The highest BCUT2D eigenvalue weighted by atomic mass is 35.5. The molecule has 0 bridgehead atoms. The number of halogens is 1. The van der Waals surface area contributed by atoms with Crippen LogP contribution in [-0.2, 0) is 16.1 Å². The summed E-state index contributed by atoms with van der Waals surface area (Å²) in [5, 5.41) is 6.79. The summed E-state index contributed by atoms with van der Waals surface area (Å²) < 4.78 is 0. The number of amides is 2. The maximum absolute atomic E-state index is 12.7. The van der Waals surface area contributed by atoms with E-state index in [1.165, 1.54) is 0 Å². The fourth-order valence-electron chi connectivity index (χ4n) is 3.98. The number of anilines is 1. The van der Waals surface area contributed by atoms with Crippen LogP contribution in [0.3, 0.4) is 0 Å². The molecule has 172 valence electrons. The van der Waals surface area contributed by atoms with Crippen molar-refractivity contribution < 1.29 is 9.59 Å². The predicted molar refractivity (Wildman–Crippen MR) is 131 cm³/mol. The quantitative estimate of drug-likeness (QED) is 0.628. The lowest BCUT2D eigenvalue weighted by Crippen LogP contribution is -2.46. The van der Waals surface area contributed by atoms with E-state index >= 15 is 0 Å². The number of benzene rings is 2. The molecule has 0 spiro atoms. The summed E-state index contributed by atoms with van der Waals surface area (Å²) in [5.74, 6) is -0.0635. The lowest BCUT2D eigenvalue weighted by molar-refractivity contribution is -0.128. The standard InChI is InChI=1S/C26H34ClN3O2/c1-18(20-8-10-22(27)11-9-20)24(31)28-23-7-5-6-19(16-23)17-30-14-12-21(13-15-30)25(32)29-26(2,3)4/h5-11,16,18,21H,12-15,17H2,1-4H3,(H,28,31)(H,29,32). The van der Waals surface area contributed by atoms with E-state index in [0.29, 0.717) is 5.02 Å². The molecule has 1 unspecified atom stereocenters. The lowest BCUT2D eigenvalue weighted by atomic mass is 9.94. The Bertz CT molecular complexity index is 929. The van der Waals surface area contributed by atoms with Crippen molar-refractivity contribution in [3.63, 3.8) is 0 Å². The fourth-order valence-corrected chi connectivity index (χ4v) is 4.11. The summed E-state index contributed by atoms with van der Waals surface area (Å²) in [6, 6.07) is 15.4. The van der Waals surface area contributed by atoms with Crippen molar-refractivity contribution in [2.75, 3.05) is 18.4 Å². The first-order chi connectivity index (χ1) is 15.1. The molecule has 1 atom stereocenters. The van der Waals surface area contributed by atoms with Crippen molar-refractivity contribution in [2.45, 2.75) is 58.5 Å². The Hall–Kier alpha value is -2.37. The van der Waals surface area contributed by atoms with Crippen molar-refractivity contribution >= 4 is 29.1 Å². The fraction of sp³-hybridized carbons (Fsp3) is 0.462. The van der Waals surface area contributed by atoms with Gasteiger partial charge >= 0.3 is 0 Å². The summed E-state index contributed by atoms with van der Waals surface area (Å²) in [6.45, 7) is 10.5. The number of carbonyl (C=O) groups excluding carboxylic acids is 2.